The Kier molecular flexibility index (Phi) is 12.7. The lowest BCUT2D eigenvalue weighted by molar-refractivity contribution is -0.137. The Labute approximate surface area is 183 Å². The largest absolute Gasteiger partial charge is 0.493 e. The molecule has 0 spiro atoms. The van der Waals surface area contributed by atoms with E-state index in [2.05, 4.69) is 0 Å². The Morgan fingerprint density at radius 3 is 2.14 bits per heavy atom. The molecular weight excluding hydrogens is 439 g/mol. The minimum absolute atomic E-state index is 0.342. The van der Waals surface area contributed by atoms with Crippen molar-refractivity contribution >= 4 is 51.3 Å². The fraction of sp³-hybridized carbons (Fsp3) is 0.550. The van der Waals surface area contributed by atoms with Crippen molar-refractivity contribution in [2.24, 2.45) is 0 Å². The number of hydrogen-bond donors (Lipinski definition) is 0. The maximum Gasteiger partial charge on any atom is 0.341 e. The summed E-state index contributed by atoms with van der Waals surface area (Å²) >= 11 is 17.6. The Morgan fingerprint density at radius 2 is 1.54 bits per heavy atom. The number of benzene rings is 1. The third-order valence-electron chi connectivity index (χ3n) is 4.17. The second-order valence-corrected chi connectivity index (χ2v) is 15.7. The molecule has 0 N–H and O–H groups in total. The number of carbonyl (C=O) groups is 1. The molecule has 0 amide bonds. The Balaban J connectivity index is 2.12. The summed E-state index contributed by atoms with van der Waals surface area (Å²) in [7, 11) is 3.16. The molecule has 0 heterocycles. The second kappa shape index (κ2) is 14.2. The zero-order valence-corrected chi connectivity index (χ0v) is 19.8. The highest BCUT2D eigenvalue weighted by Crippen LogP contribution is 2.28. The van der Waals surface area contributed by atoms with E-state index in [0.29, 0.717) is 18.1 Å². The lowest BCUT2D eigenvalue weighted by atomic mass is 10.1. The summed E-state index contributed by atoms with van der Waals surface area (Å²) < 4.78 is 15.7. The Bertz CT molecular complexity index is 618. The molecule has 0 aliphatic rings. The second-order valence-electron chi connectivity index (χ2n) is 6.46. The van der Waals surface area contributed by atoms with Gasteiger partial charge in [-0.2, -0.15) is 0 Å². The SMILES string of the molecule is COc1ccc(/C=C/C(=O)OCCCCCCCCC[Si](Cl)(Cl)Cl)cc1OC. The highest BCUT2D eigenvalue weighted by atomic mass is 35.8. The fourth-order valence-electron chi connectivity index (χ4n) is 2.65. The predicted molar refractivity (Wildman–Crippen MR) is 120 cm³/mol. The maximum atomic E-state index is 11.8. The average Bonchev–Trinajstić information content (AvgIpc) is 2.66. The van der Waals surface area contributed by atoms with E-state index in [4.69, 9.17) is 47.4 Å². The molecule has 0 aliphatic heterocycles. The van der Waals surface area contributed by atoms with E-state index in [0.717, 1.165) is 56.6 Å². The molecule has 0 bridgehead atoms. The van der Waals surface area contributed by atoms with Gasteiger partial charge in [0.05, 0.1) is 20.8 Å². The van der Waals surface area contributed by atoms with Crippen LogP contribution in [0.15, 0.2) is 24.3 Å². The zero-order chi connectivity index (χ0) is 20.8. The first kappa shape index (κ1) is 25.2. The van der Waals surface area contributed by atoms with Gasteiger partial charge < -0.3 is 14.2 Å². The number of carbonyl (C=O) groups excluding carboxylic acids is 1. The topological polar surface area (TPSA) is 44.8 Å². The van der Waals surface area contributed by atoms with Gasteiger partial charge >= 0.3 is 12.0 Å². The molecular formula is C20H29Cl3O4Si. The third-order valence-corrected chi connectivity index (χ3v) is 6.79. The van der Waals surface area contributed by atoms with E-state index in [9.17, 15) is 4.79 Å². The molecule has 1 rings (SSSR count). The molecule has 0 aromatic heterocycles. The van der Waals surface area contributed by atoms with E-state index in [-0.39, 0.29) is 5.97 Å². The number of halogens is 3. The van der Waals surface area contributed by atoms with Crippen LogP contribution in [0.4, 0.5) is 0 Å². The minimum atomic E-state index is -2.44. The number of esters is 1. The molecule has 4 nitrogen and oxygen atoms in total. The highest BCUT2D eigenvalue weighted by Gasteiger charge is 2.23. The summed E-state index contributed by atoms with van der Waals surface area (Å²) in [6.45, 7) is 0.438. The molecule has 0 radical (unpaired) electrons. The Morgan fingerprint density at radius 1 is 0.929 bits per heavy atom. The smallest absolute Gasteiger partial charge is 0.341 e. The van der Waals surface area contributed by atoms with Gasteiger partial charge in [0.1, 0.15) is 0 Å². The molecule has 0 saturated heterocycles. The van der Waals surface area contributed by atoms with Gasteiger partial charge in [-0.3, -0.25) is 0 Å². The van der Waals surface area contributed by atoms with Crippen LogP contribution in [0.5, 0.6) is 11.5 Å². The average molecular weight is 468 g/mol. The first-order valence-electron chi connectivity index (χ1n) is 9.49. The van der Waals surface area contributed by atoms with Crippen molar-refractivity contribution < 1.29 is 19.0 Å². The number of ether oxygens (including phenoxy) is 3. The van der Waals surface area contributed by atoms with E-state index in [1.807, 2.05) is 6.07 Å². The summed E-state index contributed by atoms with van der Waals surface area (Å²) in [5.74, 6) is 0.924. The van der Waals surface area contributed by atoms with Gasteiger partial charge in [0.2, 0.25) is 0 Å². The van der Waals surface area contributed by atoms with Crippen molar-refractivity contribution in [1.29, 1.82) is 0 Å². The summed E-state index contributed by atoms with van der Waals surface area (Å²) in [6.07, 6.45) is 10.6. The lowest BCUT2D eigenvalue weighted by Crippen LogP contribution is -2.07. The standard InChI is InChI=1S/C20H29Cl3O4Si/c1-25-18-12-10-17(16-19(18)26-2)11-13-20(24)27-14-8-6-4-3-5-7-9-15-28(21,22)23/h10-13,16H,3-9,14-15H2,1-2H3/b13-11+. The van der Waals surface area contributed by atoms with Crippen LogP contribution in [0.3, 0.4) is 0 Å². The summed E-state index contributed by atoms with van der Waals surface area (Å²) in [5, 5.41) is 0. The van der Waals surface area contributed by atoms with Gasteiger partial charge in [-0.1, -0.05) is 44.6 Å². The normalized spacial score (nSPS) is 11.6. The monoisotopic (exact) mass is 466 g/mol. The molecule has 0 aliphatic carbocycles. The maximum absolute atomic E-state index is 11.8. The number of hydrogen-bond acceptors (Lipinski definition) is 4. The van der Waals surface area contributed by atoms with Crippen molar-refractivity contribution in [1.82, 2.24) is 0 Å². The molecule has 8 heteroatoms. The number of methoxy groups -OCH3 is 2. The van der Waals surface area contributed by atoms with E-state index < -0.39 is 6.00 Å². The van der Waals surface area contributed by atoms with E-state index in [1.54, 1.807) is 32.4 Å². The van der Waals surface area contributed by atoms with Crippen LogP contribution in [0.25, 0.3) is 6.08 Å². The molecule has 28 heavy (non-hydrogen) atoms. The van der Waals surface area contributed by atoms with Crippen LogP contribution in [-0.2, 0) is 9.53 Å². The van der Waals surface area contributed by atoms with Gasteiger partial charge in [-0.15, -0.1) is 33.2 Å². The van der Waals surface area contributed by atoms with Gasteiger partial charge in [-0.25, -0.2) is 4.79 Å². The van der Waals surface area contributed by atoms with Crippen molar-refractivity contribution in [2.45, 2.75) is 51.0 Å². The van der Waals surface area contributed by atoms with Crippen molar-refractivity contribution in [2.75, 3.05) is 20.8 Å². The molecule has 0 fully saturated rings. The minimum Gasteiger partial charge on any atom is -0.493 e. The molecule has 158 valence electrons. The fourth-order valence-corrected chi connectivity index (χ4v) is 4.51. The third kappa shape index (κ3) is 11.8. The molecule has 0 saturated carbocycles. The number of rotatable bonds is 14. The molecule has 1 aromatic carbocycles. The van der Waals surface area contributed by atoms with Gasteiger partial charge in [0.15, 0.2) is 11.5 Å². The van der Waals surface area contributed by atoms with Crippen LogP contribution >= 0.6 is 33.2 Å². The summed E-state index contributed by atoms with van der Waals surface area (Å²) in [6, 6.07) is 3.75. The summed E-state index contributed by atoms with van der Waals surface area (Å²) in [5.41, 5.74) is 0.840. The predicted octanol–water partition coefficient (Wildman–Crippen LogP) is 6.65. The zero-order valence-electron chi connectivity index (χ0n) is 16.5. The summed E-state index contributed by atoms with van der Waals surface area (Å²) in [4.78, 5) is 11.8. The highest BCUT2D eigenvalue weighted by molar-refractivity contribution is 7.64. The van der Waals surface area contributed by atoms with Crippen LogP contribution in [0, 0.1) is 0 Å². The number of unbranched alkanes of at least 4 members (excludes halogenated alkanes) is 6. The van der Waals surface area contributed by atoms with Gasteiger partial charge in [0, 0.05) is 6.08 Å². The first-order chi connectivity index (χ1) is 13.4. The van der Waals surface area contributed by atoms with Crippen molar-refractivity contribution in [3.05, 3.63) is 29.8 Å². The van der Waals surface area contributed by atoms with Crippen molar-refractivity contribution in [3.63, 3.8) is 0 Å². The van der Waals surface area contributed by atoms with Crippen molar-refractivity contribution in [3.8, 4) is 11.5 Å². The van der Waals surface area contributed by atoms with E-state index >= 15 is 0 Å². The molecule has 1 aromatic rings. The molecule has 0 unspecified atom stereocenters. The first-order valence-corrected chi connectivity index (χ1v) is 14.7. The van der Waals surface area contributed by atoms with Crippen LogP contribution in [0.1, 0.15) is 50.5 Å². The lowest BCUT2D eigenvalue weighted by Gasteiger charge is -2.07. The molecule has 0 atom stereocenters. The van der Waals surface area contributed by atoms with Gasteiger partial charge in [0.25, 0.3) is 0 Å². The van der Waals surface area contributed by atoms with Crippen LogP contribution in [0.2, 0.25) is 6.04 Å². The quantitative estimate of drug-likeness (QED) is 0.101. The Hall–Kier alpha value is -0.883. The van der Waals surface area contributed by atoms with Crippen LogP contribution < -0.4 is 9.47 Å². The van der Waals surface area contributed by atoms with Gasteiger partial charge in [-0.05, 0) is 36.2 Å². The van der Waals surface area contributed by atoms with E-state index in [1.165, 1.54) is 6.08 Å². The van der Waals surface area contributed by atoms with Crippen LogP contribution in [-0.4, -0.2) is 32.8 Å².